The molecule has 86 valence electrons. The van der Waals surface area contributed by atoms with E-state index >= 15 is 0 Å². The van der Waals surface area contributed by atoms with Gasteiger partial charge in [-0.1, -0.05) is 31.0 Å². The summed E-state index contributed by atoms with van der Waals surface area (Å²) < 4.78 is 0. The van der Waals surface area contributed by atoms with Crippen LogP contribution < -0.4 is 0 Å². The van der Waals surface area contributed by atoms with Gasteiger partial charge in [0.15, 0.2) is 0 Å². The van der Waals surface area contributed by atoms with Crippen molar-refractivity contribution in [1.29, 1.82) is 0 Å². The molecule has 0 aromatic heterocycles. The van der Waals surface area contributed by atoms with Crippen LogP contribution in [0, 0.1) is 5.41 Å². The van der Waals surface area contributed by atoms with Crippen LogP contribution in [-0.4, -0.2) is 16.2 Å². The summed E-state index contributed by atoms with van der Waals surface area (Å²) in [5, 5.41) is 19.0. The topological polar surface area (TPSA) is 57.5 Å². The molecule has 1 fully saturated rings. The van der Waals surface area contributed by atoms with E-state index < -0.39 is 11.4 Å². The number of carboxylic acid groups (broad SMARTS) is 1. The van der Waals surface area contributed by atoms with Gasteiger partial charge in [0.05, 0.1) is 5.41 Å². The molecule has 16 heavy (non-hydrogen) atoms. The molecule has 1 aliphatic carbocycles. The second-order valence-electron chi connectivity index (χ2n) is 4.60. The number of aliphatic carboxylic acids is 1. The third-order valence-electron chi connectivity index (χ3n) is 3.53. The van der Waals surface area contributed by atoms with Crippen LogP contribution in [0.1, 0.15) is 31.2 Å². The molecule has 1 aliphatic rings. The summed E-state index contributed by atoms with van der Waals surface area (Å²) in [6.45, 7) is 0. The molecule has 1 saturated carbocycles. The summed E-state index contributed by atoms with van der Waals surface area (Å²) in [5.74, 6) is -0.525. The minimum atomic E-state index is -0.728. The fraction of sp³-hybridized carbons (Fsp3) is 0.462. The zero-order valence-electron chi connectivity index (χ0n) is 9.15. The Labute approximate surface area is 94.7 Å². The van der Waals surface area contributed by atoms with Crippen LogP contribution in [0.5, 0.6) is 5.75 Å². The van der Waals surface area contributed by atoms with Gasteiger partial charge < -0.3 is 10.2 Å². The molecule has 0 bridgehead atoms. The lowest BCUT2D eigenvalue weighted by Gasteiger charge is -2.24. The van der Waals surface area contributed by atoms with Gasteiger partial charge in [-0.15, -0.1) is 0 Å². The zero-order valence-corrected chi connectivity index (χ0v) is 9.15. The van der Waals surface area contributed by atoms with Crippen molar-refractivity contribution < 1.29 is 15.0 Å². The average Bonchev–Trinajstić information content (AvgIpc) is 2.71. The molecule has 0 unspecified atom stereocenters. The van der Waals surface area contributed by atoms with Gasteiger partial charge in [-0.2, -0.15) is 0 Å². The lowest BCUT2D eigenvalue weighted by atomic mass is 9.80. The standard InChI is InChI=1S/C13H16O3/c14-11-6-2-1-5-10(11)9-13(12(15)16)7-3-4-8-13/h1-2,5-6,14H,3-4,7-9H2,(H,15,16). The molecule has 0 spiro atoms. The van der Waals surface area contributed by atoms with Crippen LogP contribution >= 0.6 is 0 Å². The first kappa shape index (κ1) is 11.0. The molecule has 0 radical (unpaired) electrons. The maximum absolute atomic E-state index is 11.4. The summed E-state index contributed by atoms with van der Waals surface area (Å²) in [4.78, 5) is 11.4. The molecule has 1 aromatic carbocycles. The van der Waals surface area contributed by atoms with Crippen molar-refractivity contribution in [3.05, 3.63) is 29.8 Å². The lowest BCUT2D eigenvalue weighted by Crippen LogP contribution is -2.30. The molecular formula is C13H16O3. The second kappa shape index (κ2) is 4.16. The van der Waals surface area contributed by atoms with Crippen LogP contribution in [0.2, 0.25) is 0 Å². The Morgan fingerprint density at radius 3 is 2.44 bits per heavy atom. The van der Waals surface area contributed by atoms with Gasteiger partial charge >= 0.3 is 5.97 Å². The molecular weight excluding hydrogens is 204 g/mol. The number of carbonyl (C=O) groups is 1. The van der Waals surface area contributed by atoms with E-state index in [1.807, 2.05) is 6.07 Å². The van der Waals surface area contributed by atoms with Crippen LogP contribution in [0.4, 0.5) is 0 Å². The SMILES string of the molecule is O=C(O)C1(Cc2ccccc2O)CCCC1. The molecule has 0 saturated heterocycles. The first-order valence-electron chi connectivity index (χ1n) is 5.64. The van der Waals surface area contributed by atoms with Crippen molar-refractivity contribution in [3.8, 4) is 5.75 Å². The fourth-order valence-electron chi connectivity index (χ4n) is 2.54. The third-order valence-corrected chi connectivity index (χ3v) is 3.53. The highest BCUT2D eigenvalue weighted by Crippen LogP contribution is 2.42. The van der Waals surface area contributed by atoms with Gasteiger partial charge in [-0.3, -0.25) is 4.79 Å². The predicted molar refractivity (Wildman–Crippen MR) is 60.3 cm³/mol. The van der Waals surface area contributed by atoms with Gasteiger partial charge in [0.25, 0.3) is 0 Å². The van der Waals surface area contributed by atoms with Crippen LogP contribution in [0.3, 0.4) is 0 Å². The number of aromatic hydroxyl groups is 1. The van der Waals surface area contributed by atoms with Crippen LogP contribution in [0.15, 0.2) is 24.3 Å². The van der Waals surface area contributed by atoms with Crippen molar-refractivity contribution in [1.82, 2.24) is 0 Å². The largest absolute Gasteiger partial charge is 0.508 e. The van der Waals surface area contributed by atoms with E-state index in [4.69, 9.17) is 0 Å². The molecule has 2 rings (SSSR count). The summed E-state index contributed by atoms with van der Waals surface area (Å²) in [7, 11) is 0. The van der Waals surface area contributed by atoms with E-state index in [9.17, 15) is 15.0 Å². The van der Waals surface area contributed by atoms with Gasteiger partial charge in [-0.25, -0.2) is 0 Å². The molecule has 0 atom stereocenters. The Balaban J connectivity index is 2.25. The van der Waals surface area contributed by atoms with E-state index in [0.717, 1.165) is 31.2 Å². The number of benzene rings is 1. The highest BCUT2D eigenvalue weighted by molar-refractivity contribution is 5.75. The number of phenolic OH excluding ortho intramolecular Hbond substituents is 1. The van der Waals surface area contributed by atoms with Gasteiger partial charge in [0.2, 0.25) is 0 Å². The van der Waals surface area contributed by atoms with Crippen molar-refractivity contribution >= 4 is 5.97 Å². The van der Waals surface area contributed by atoms with Crippen LogP contribution in [0.25, 0.3) is 0 Å². The molecule has 3 nitrogen and oxygen atoms in total. The Morgan fingerprint density at radius 1 is 1.25 bits per heavy atom. The highest BCUT2D eigenvalue weighted by Gasteiger charge is 2.41. The summed E-state index contributed by atoms with van der Waals surface area (Å²) in [6, 6.07) is 7.00. The second-order valence-corrected chi connectivity index (χ2v) is 4.60. The van der Waals surface area contributed by atoms with Gasteiger partial charge in [0, 0.05) is 0 Å². The average molecular weight is 220 g/mol. The minimum Gasteiger partial charge on any atom is -0.508 e. The highest BCUT2D eigenvalue weighted by atomic mass is 16.4. The normalized spacial score (nSPS) is 18.5. The molecule has 3 heteroatoms. The Morgan fingerprint density at radius 2 is 1.88 bits per heavy atom. The van der Waals surface area contributed by atoms with Crippen LogP contribution in [-0.2, 0) is 11.2 Å². The summed E-state index contributed by atoms with van der Waals surface area (Å²) in [6.07, 6.45) is 3.82. The molecule has 0 heterocycles. The molecule has 2 N–H and O–H groups in total. The minimum absolute atomic E-state index is 0.204. The number of hydrogen-bond acceptors (Lipinski definition) is 2. The maximum Gasteiger partial charge on any atom is 0.309 e. The first-order valence-corrected chi connectivity index (χ1v) is 5.64. The number of carboxylic acids is 1. The quantitative estimate of drug-likeness (QED) is 0.823. The molecule has 0 aliphatic heterocycles. The lowest BCUT2D eigenvalue weighted by molar-refractivity contribution is -0.148. The van der Waals surface area contributed by atoms with E-state index in [1.165, 1.54) is 0 Å². The maximum atomic E-state index is 11.4. The van der Waals surface area contributed by atoms with Crippen molar-refractivity contribution in [2.24, 2.45) is 5.41 Å². The number of phenols is 1. The van der Waals surface area contributed by atoms with Crippen molar-refractivity contribution in [2.75, 3.05) is 0 Å². The zero-order chi connectivity index (χ0) is 11.6. The fourth-order valence-corrected chi connectivity index (χ4v) is 2.54. The Kier molecular flexibility index (Phi) is 2.86. The van der Waals surface area contributed by atoms with Crippen molar-refractivity contribution in [2.45, 2.75) is 32.1 Å². The Hall–Kier alpha value is -1.51. The van der Waals surface area contributed by atoms with Gasteiger partial charge in [-0.05, 0) is 30.9 Å². The number of rotatable bonds is 3. The number of hydrogen-bond donors (Lipinski definition) is 2. The third kappa shape index (κ3) is 1.90. The van der Waals surface area contributed by atoms with Gasteiger partial charge in [0.1, 0.15) is 5.75 Å². The van der Waals surface area contributed by atoms with Crippen molar-refractivity contribution in [3.63, 3.8) is 0 Å². The smallest absolute Gasteiger partial charge is 0.309 e. The molecule has 0 amide bonds. The number of para-hydroxylation sites is 1. The monoisotopic (exact) mass is 220 g/mol. The summed E-state index contributed by atoms with van der Waals surface area (Å²) in [5.41, 5.74) is 0.0885. The van der Waals surface area contributed by atoms with E-state index in [1.54, 1.807) is 18.2 Å². The molecule has 1 aromatic rings. The summed E-state index contributed by atoms with van der Waals surface area (Å²) >= 11 is 0. The van der Waals surface area contributed by atoms with E-state index in [0.29, 0.717) is 6.42 Å². The Bertz CT molecular complexity index is 392. The van der Waals surface area contributed by atoms with E-state index in [-0.39, 0.29) is 5.75 Å². The predicted octanol–water partition coefficient (Wildman–Crippen LogP) is 2.58. The van der Waals surface area contributed by atoms with E-state index in [2.05, 4.69) is 0 Å². The first-order chi connectivity index (χ1) is 7.64.